The van der Waals surface area contributed by atoms with Crippen molar-refractivity contribution in [2.24, 2.45) is 0 Å². The summed E-state index contributed by atoms with van der Waals surface area (Å²) >= 11 is 0.480. The molecule has 0 aliphatic heterocycles. The molecule has 0 aliphatic carbocycles. The van der Waals surface area contributed by atoms with E-state index in [1.54, 1.807) is 0 Å². The summed E-state index contributed by atoms with van der Waals surface area (Å²) in [6, 6.07) is 3.76. The molecule has 7 heteroatoms. The first-order valence-electron chi connectivity index (χ1n) is 6.37. The van der Waals surface area contributed by atoms with Crippen molar-refractivity contribution in [3.63, 3.8) is 0 Å². The van der Waals surface area contributed by atoms with Gasteiger partial charge in [0, 0.05) is 10.9 Å². The summed E-state index contributed by atoms with van der Waals surface area (Å²) in [5.74, 6) is -0.210. The van der Waals surface area contributed by atoms with E-state index in [2.05, 4.69) is 4.98 Å². The molecule has 0 bridgehead atoms. The van der Waals surface area contributed by atoms with Crippen molar-refractivity contribution in [1.82, 2.24) is 4.98 Å². The van der Waals surface area contributed by atoms with Crippen LogP contribution in [-0.4, -0.2) is 11.6 Å². The molecule has 0 atom stereocenters. The molecule has 114 valence electrons. The van der Waals surface area contributed by atoms with Gasteiger partial charge in [-0.15, -0.1) is 11.3 Å². The smallest absolute Gasteiger partial charge is 0.443 e. The lowest BCUT2D eigenvalue weighted by Gasteiger charge is -2.10. The number of alkyl halides is 3. The molecule has 0 amide bonds. The van der Waals surface area contributed by atoms with Gasteiger partial charge in [0.2, 0.25) is 0 Å². The second kappa shape index (κ2) is 6.43. The monoisotopic (exact) mass is 319 g/mol. The van der Waals surface area contributed by atoms with Crippen molar-refractivity contribution >= 4 is 11.3 Å². The Hall–Kier alpha value is -1.63. The highest BCUT2D eigenvalue weighted by Crippen LogP contribution is 2.37. The Kier molecular flexibility index (Phi) is 4.82. The lowest BCUT2D eigenvalue weighted by molar-refractivity contribution is -0.137. The number of ether oxygens (including phenoxy) is 1. The Morgan fingerprint density at radius 2 is 2.05 bits per heavy atom. The van der Waals surface area contributed by atoms with Crippen LogP contribution in [0.2, 0.25) is 0 Å². The maximum atomic E-state index is 13.4. The van der Waals surface area contributed by atoms with Crippen LogP contribution in [-0.2, 0) is 6.18 Å². The maximum Gasteiger partial charge on any atom is 0.443 e. The number of hydrogen-bond acceptors (Lipinski definition) is 3. The quantitative estimate of drug-likeness (QED) is 0.562. The summed E-state index contributed by atoms with van der Waals surface area (Å²) in [7, 11) is 0. The molecule has 1 aromatic heterocycles. The largest absolute Gasteiger partial charge is 0.493 e. The van der Waals surface area contributed by atoms with Gasteiger partial charge in [0.15, 0.2) is 5.01 Å². The molecule has 0 aliphatic rings. The number of halogens is 4. The summed E-state index contributed by atoms with van der Waals surface area (Å²) < 4.78 is 56.6. The molecule has 0 saturated heterocycles. The molecular weight excluding hydrogens is 306 g/mol. The molecule has 2 rings (SSSR count). The van der Waals surface area contributed by atoms with Gasteiger partial charge in [-0.2, -0.15) is 13.2 Å². The zero-order valence-corrected chi connectivity index (χ0v) is 12.0. The van der Waals surface area contributed by atoms with E-state index in [4.69, 9.17) is 4.74 Å². The average Bonchev–Trinajstić information content (AvgIpc) is 2.90. The average molecular weight is 319 g/mol. The van der Waals surface area contributed by atoms with Crippen molar-refractivity contribution in [3.8, 4) is 17.0 Å². The van der Waals surface area contributed by atoms with Crippen LogP contribution in [0.5, 0.6) is 5.75 Å². The van der Waals surface area contributed by atoms with Gasteiger partial charge in [-0.25, -0.2) is 9.37 Å². The first-order chi connectivity index (χ1) is 9.91. The molecule has 2 aromatic rings. The third-order valence-electron chi connectivity index (χ3n) is 2.72. The fourth-order valence-electron chi connectivity index (χ4n) is 1.68. The Bertz CT molecular complexity index is 609. The van der Waals surface area contributed by atoms with Crippen molar-refractivity contribution < 1.29 is 22.3 Å². The van der Waals surface area contributed by atoms with Crippen LogP contribution in [0.25, 0.3) is 11.3 Å². The predicted octanol–water partition coefficient (Wildman–Crippen LogP) is 5.15. The summed E-state index contributed by atoms with van der Waals surface area (Å²) in [5, 5.41) is 0.297. The van der Waals surface area contributed by atoms with E-state index in [-0.39, 0.29) is 11.3 Å². The Balaban J connectivity index is 2.33. The minimum absolute atomic E-state index is 0.0679. The predicted molar refractivity (Wildman–Crippen MR) is 72.9 cm³/mol. The van der Waals surface area contributed by atoms with E-state index < -0.39 is 17.0 Å². The van der Waals surface area contributed by atoms with E-state index in [0.717, 1.165) is 18.9 Å². The third-order valence-corrected chi connectivity index (χ3v) is 3.61. The van der Waals surface area contributed by atoms with E-state index >= 15 is 0 Å². The van der Waals surface area contributed by atoms with Gasteiger partial charge >= 0.3 is 6.18 Å². The van der Waals surface area contributed by atoms with Crippen molar-refractivity contribution in [3.05, 3.63) is 34.4 Å². The van der Waals surface area contributed by atoms with Crippen LogP contribution < -0.4 is 4.74 Å². The third kappa shape index (κ3) is 3.93. The summed E-state index contributed by atoms with van der Waals surface area (Å²) in [6.45, 7) is 2.41. The SMILES string of the molecule is CCCCOc1ccc(F)cc1-c1csc(C(F)(F)F)n1. The summed E-state index contributed by atoms with van der Waals surface area (Å²) in [5.41, 5.74) is 0.302. The van der Waals surface area contributed by atoms with E-state index in [0.29, 0.717) is 23.7 Å². The van der Waals surface area contributed by atoms with Crippen LogP contribution in [0.4, 0.5) is 17.6 Å². The van der Waals surface area contributed by atoms with Gasteiger partial charge in [0.05, 0.1) is 12.3 Å². The van der Waals surface area contributed by atoms with Gasteiger partial charge in [-0.05, 0) is 24.6 Å². The molecule has 21 heavy (non-hydrogen) atoms. The zero-order chi connectivity index (χ0) is 15.5. The highest BCUT2D eigenvalue weighted by atomic mass is 32.1. The first-order valence-corrected chi connectivity index (χ1v) is 7.25. The van der Waals surface area contributed by atoms with Crippen molar-refractivity contribution in [1.29, 1.82) is 0 Å². The van der Waals surface area contributed by atoms with Crippen LogP contribution in [0, 0.1) is 5.82 Å². The summed E-state index contributed by atoms with van der Waals surface area (Å²) in [4.78, 5) is 3.53. The van der Waals surface area contributed by atoms with E-state index in [1.165, 1.54) is 17.5 Å². The fraction of sp³-hybridized carbons (Fsp3) is 0.357. The van der Waals surface area contributed by atoms with Crippen LogP contribution in [0.1, 0.15) is 24.8 Å². The molecule has 0 spiro atoms. The standard InChI is InChI=1S/C14H13F4NOS/c1-2-3-6-20-12-5-4-9(15)7-10(12)11-8-21-13(19-11)14(16,17)18/h4-5,7-8H,2-3,6H2,1H3. The lowest BCUT2D eigenvalue weighted by Crippen LogP contribution is -2.04. The van der Waals surface area contributed by atoms with Crippen LogP contribution >= 0.6 is 11.3 Å². The van der Waals surface area contributed by atoms with Gasteiger partial charge < -0.3 is 4.74 Å². The molecule has 2 nitrogen and oxygen atoms in total. The molecule has 1 heterocycles. The van der Waals surface area contributed by atoms with Gasteiger partial charge in [0.25, 0.3) is 0 Å². The number of nitrogens with zero attached hydrogens (tertiary/aromatic N) is 1. The number of aromatic nitrogens is 1. The van der Waals surface area contributed by atoms with Crippen LogP contribution in [0.3, 0.4) is 0 Å². The normalized spacial score (nSPS) is 11.7. The molecule has 0 unspecified atom stereocenters. The lowest BCUT2D eigenvalue weighted by atomic mass is 10.1. The highest BCUT2D eigenvalue weighted by Gasteiger charge is 2.34. The molecule has 0 fully saturated rings. The number of thiazole rings is 1. The van der Waals surface area contributed by atoms with Gasteiger partial charge in [-0.1, -0.05) is 13.3 Å². The first kappa shape index (κ1) is 15.8. The molecule has 0 saturated carbocycles. The molecule has 0 radical (unpaired) electrons. The highest BCUT2D eigenvalue weighted by molar-refractivity contribution is 7.10. The fourth-order valence-corrected chi connectivity index (χ4v) is 2.37. The Morgan fingerprint density at radius 3 is 2.67 bits per heavy atom. The summed E-state index contributed by atoms with van der Waals surface area (Å²) in [6.07, 6.45) is -2.77. The van der Waals surface area contributed by atoms with Gasteiger partial charge in [0.1, 0.15) is 11.6 Å². The minimum atomic E-state index is -4.50. The topological polar surface area (TPSA) is 22.1 Å². The second-order valence-electron chi connectivity index (χ2n) is 4.38. The van der Waals surface area contributed by atoms with Crippen molar-refractivity contribution in [2.75, 3.05) is 6.61 Å². The molecule has 1 aromatic carbocycles. The number of rotatable bonds is 5. The number of unbranched alkanes of at least 4 members (excludes halogenated alkanes) is 1. The zero-order valence-electron chi connectivity index (χ0n) is 11.2. The van der Waals surface area contributed by atoms with E-state index in [1.807, 2.05) is 6.92 Å². The Labute approximate surface area is 123 Å². The molecule has 0 N–H and O–H groups in total. The van der Waals surface area contributed by atoms with Gasteiger partial charge in [-0.3, -0.25) is 0 Å². The minimum Gasteiger partial charge on any atom is -0.493 e. The van der Waals surface area contributed by atoms with Crippen molar-refractivity contribution in [2.45, 2.75) is 25.9 Å². The van der Waals surface area contributed by atoms with E-state index in [9.17, 15) is 17.6 Å². The number of benzene rings is 1. The second-order valence-corrected chi connectivity index (χ2v) is 5.24. The van der Waals surface area contributed by atoms with Crippen LogP contribution in [0.15, 0.2) is 23.6 Å². The maximum absolute atomic E-state index is 13.4. The Morgan fingerprint density at radius 1 is 1.29 bits per heavy atom. The number of hydrogen-bond donors (Lipinski definition) is 0. The molecular formula is C14H13F4NOS.